The summed E-state index contributed by atoms with van der Waals surface area (Å²) in [6.45, 7) is 5.27. The number of pyridine rings is 1. The van der Waals surface area contributed by atoms with Crippen LogP contribution in [0.25, 0.3) is 0 Å². The number of nitro groups is 1. The predicted octanol–water partition coefficient (Wildman–Crippen LogP) is 1.10. The van der Waals surface area contributed by atoms with Crippen LogP contribution in [0.15, 0.2) is 12.3 Å². The maximum atomic E-state index is 12.1. The van der Waals surface area contributed by atoms with Gasteiger partial charge in [-0.05, 0) is 20.9 Å². The molecule has 1 aromatic rings. The smallest absolute Gasteiger partial charge is 0.288 e. The minimum atomic E-state index is -0.574. The molecule has 0 aromatic carbocycles. The van der Waals surface area contributed by atoms with Crippen LogP contribution >= 0.6 is 0 Å². The lowest BCUT2D eigenvalue weighted by molar-refractivity contribution is -0.385. The Balaban J connectivity index is 2.76. The summed E-state index contributed by atoms with van der Waals surface area (Å²) in [5, 5.41) is 16.3. The van der Waals surface area contributed by atoms with E-state index < -0.39 is 4.92 Å². The number of hydrogen-bond donors (Lipinski definition) is 2. The summed E-state index contributed by atoms with van der Waals surface area (Å²) >= 11 is 0. The molecule has 0 aliphatic heterocycles. The van der Waals surface area contributed by atoms with Crippen molar-refractivity contribution in [3.05, 3.63) is 27.9 Å². The highest BCUT2D eigenvalue weighted by Crippen LogP contribution is 2.18. The molecule has 0 aliphatic rings. The van der Waals surface area contributed by atoms with Crippen molar-refractivity contribution in [2.24, 2.45) is 0 Å². The zero-order valence-corrected chi connectivity index (χ0v) is 12.7. The minimum Gasteiger partial charge on any atom is -0.372 e. The molecule has 1 aromatic heterocycles. The largest absolute Gasteiger partial charge is 0.372 e. The van der Waals surface area contributed by atoms with Crippen molar-refractivity contribution in [2.45, 2.75) is 19.9 Å². The van der Waals surface area contributed by atoms with Crippen molar-refractivity contribution in [3.63, 3.8) is 0 Å². The molecule has 21 heavy (non-hydrogen) atoms. The quantitative estimate of drug-likeness (QED) is 0.577. The number of carbonyl (C=O) groups excluding carboxylic acids is 1. The Morgan fingerprint density at radius 2 is 2.19 bits per heavy atom. The van der Waals surface area contributed by atoms with Crippen molar-refractivity contribution in [1.29, 1.82) is 0 Å². The second kappa shape index (κ2) is 7.53. The molecule has 1 amide bonds. The molecular weight excluding hydrogens is 274 g/mol. The summed E-state index contributed by atoms with van der Waals surface area (Å²) in [5.74, 6) is -0.0666. The highest BCUT2D eigenvalue weighted by Gasteiger charge is 2.17. The Morgan fingerprint density at radius 3 is 2.71 bits per heavy atom. The van der Waals surface area contributed by atoms with Gasteiger partial charge in [0.05, 0.1) is 10.5 Å². The first-order chi connectivity index (χ1) is 9.86. The first-order valence-corrected chi connectivity index (χ1v) is 6.67. The third-order valence-electron chi connectivity index (χ3n) is 3.20. The first-order valence-electron chi connectivity index (χ1n) is 6.67. The van der Waals surface area contributed by atoms with Crippen LogP contribution in [-0.4, -0.2) is 53.9 Å². The highest BCUT2D eigenvalue weighted by molar-refractivity contribution is 5.99. The van der Waals surface area contributed by atoms with Gasteiger partial charge in [0, 0.05) is 32.2 Å². The molecular formula is C13H21N5O3. The van der Waals surface area contributed by atoms with Gasteiger partial charge in [0.1, 0.15) is 12.0 Å². The van der Waals surface area contributed by atoms with Crippen molar-refractivity contribution < 1.29 is 9.72 Å². The monoisotopic (exact) mass is 295 g/mol. The maximum Gasteiger partial charge on any atom is 0.288 e. The van der Waals surface area contributed by atoms with E-state index in [0.29, 0.717) is 24.9 Å². The Kier molecular flexibility index (Phi) is 6.04. The molecule has 0 atom stereocenters. The molecule has 0 saturated carbocycles. The highest BCUT2D eigenvalue weighted by atomic mass is 16.6. The Hall–Kier alpha value is -2.22. The maximum absolute atomic E-state index is 12.1. The van der Waals surface area contributed by atoms with Gasteiger partial charge in [-0.25, -0.2) is 4.98 Å². The molecule has 0 fully saturated rings. The minimum absolute atomic E-state index is 0.166. The van der Waals surface area contributed by atoms with E-state index in [1.165, 1.54) is 6.07 Å². The third kappa shape index (κ3) is 4.67. The number of nitrogens with one attached hydrogen (secondary N) is 2. The van der Waals surface area contributed by atoms with E-state index in [4.69, 9.17) is 0 Å². The standard InChI is InChI=1S/C13H21N5O3/c1-9(2)17(4)6-5-15-13(19)11-7-10(18(20)21)8-16-12(11)14-3/h7-9H,5-6H2,1-4H3,(H,14,16)(H,15,19). The molecule has 116 valence electrons. The van der Waals surface area contributed by atoms with Gasteiger partial charge in [-0.1, -0.05) is 0 Å². The van der Waals surface area contributed by atoms with Crippen molar-refractivity contribution in [1.82, 2.24) is 15.2 Å². The van der Waals surface area contributed by atoms with E-state index in [1.54, 1.807) is 7.05 Å². The number of amides is 1. The summed E-state index contributed by atoms with van der Waals surface area (Å²) < 4.78 is 0. The average Bonchev–Trinajstić information content (AvgIpc) is 2.45. The number of likely N-dealkylation sites (N-methyl/N-ethyl adjacent to an activating group) is 1. The van der Waals surface area contributed by atoms with Crippen molar-refractivity contribution >= 4 is 17.4 Å². The van der Waals surface area contributed by atoms with E-state index in [1.807, 2.05) is 7.05 Å². The molecule has 2 N–H and O–H groups in total. The van der Waals surface area contributed by atoms with Gasteiger partial charge in [0.15, 0.2) is 0 Å². The molecule has 0 saturated heterocycles. The van der Waals surface area contributed by atoms with Gasteiger partial charge in [0.25, 0.3) is 11.6 Å². The van der Waals surface area contributed by atoms with Gasteiger partial charge >= 0.3 is 0 Å². The Bertz CT molecular complexity index is 519. The second-order valence-corrected chi connectivity index (χ2v) is 4.93. The van der Waals surface area contributed by atoms with Crippen LogP contribution in [0.4, 0.5) is 11.5 Å². The van der Waals surface area contributed by atoms with Crippen LogP contribution in [0.2, 0.25) is 0 Å². The number of carbonyl (C=O) groups is 1. The molecule has 0 bridgehead atoms. The third-order valence-corrected chi connectivity index (χ3v) is 3.20. The van der Waals surface area contributed by atoms with Gasteiger partial charge in [0.2, 0.25) is 0 Å². The van der Waals surface area contributed by atoms with Crippen molar-refractivity contribution in [3.8, 4) is 0 Å². The topological polar surface area (TPSA) is 100 Å². The molecule has 8 nitrogen and oxygen atoms in total. The fourth-order valence-electron chi connectivity index (χ4n) is 1.63. The summed E-state index contributed by atoms with van der Waals surface area (Å²) in [6.07, 6.45) is 1.12. The number of nitrogens with zero attached hydrogens (tertiary/aromatic N) is 3. The first kappa shape index (κ1) is 16.8. The summed E-state index contributed by atoms with van der Waals surface area (Å²) in [4.78, 5) is 28.3. The normalized spacial score (nSPS) is 10.8. The van der Waals surface area contributed by atoms with Crippen LogP contribution in [0.3, 0.4) is 0 Å². The molecule has 0 radical (unpaired) electrons. The molecule has 1 heterocycles. The Labute approximate surface area is 123 Å². The van der Waals surface area contributed by atoms with E-state index in [9.17, 15) is 14.9 Å². The molecule has 0 spiro atoms. The van der Waals surface area contributed by atoms with Gasteiger partial charge in [-0.3, -0.25) is 14.9 Å². The summed E-state index contributed by atoms with van der Waals surface area (Å²) in [6, 6.07) is 1.61. The fourth-order valence-corrected chi connectivity index (χ4v) is 1.63. The Morgan fingerprint density at radius 1 is 1.52 bits per heavy atom. The number of hydrogen-bond acceptors (Lipinski definition) is 6. The molecule has 0 aliphatic carbocycles. The van der Waals surface area contributed by atoms with Crippen LogP contribution in [-0.2, 0) is 0 Å². The predicted molar refractivity (Wildman–Crippen MR) is 80.5 cm³/mol. The van der Waals surface area contributed by atoms with Gasteiger partial charge < -0.3 is 15.5 Å². The second-order valence-electron chi connectivity index (χ2n) is 4.93. The summed E-state index contributed by atoms with van der Waals surface area (Å²) in [7, 11) is 3.57. The fraction of sp³-hybridized carbons (Fsp3) is 0.538. The van der Waals surface area contributed by atoms with E-state index in [-0.39, 0.29) is 17.2 Å². The van der Waals surface area contributed by atoms with Crippen LogP contribution in [0.5, 0.6) is 0 Å². The summed E-state index contributed by atoms with van der Waals surface area (Å²) in [5.41, 5.74) is -0.0441. The van der Waals surface area contributed by atoms with Gasteiger partial charge in [-0.2, -0.15) is 0 Å². The molecule has 0 unspecified atom stereocenters. The number of aromatic nitrogens is 1. The zero-order chi connectivity index (χ0) is 16.0. The lowest BCUT2D eigenvalue weighted by Crippen LogP contribution is -2.36. The molecule has 1 rings (SSSR count). The lowest BCUT2D eigenvalue weighted by atomic mass is 10.2. The zero-order valence-electron chi connectivity index (χ0n) is 12.7. The van der Waals surface area contributed by atoms with Crippen LogP contribution in [0, 0.1) is 10.1 Å². The van der Waals surface area contributed by atoms with Crippen molar-refractivity contribution in [2.75, 3.05) is 32.5 Å². The van der Waals surface area contributed by atoms with E-state index in [0.717, 1.165) is 6.20 Å². The van der Waals surface area contributed by atoms with Crippen LogP contribution < -0.4 is 10.6 Å². The lowest BCUT2D eigenvalue weighted by Gasteiger charge is -2.21. The molecule has 8 heteroatoms. The number of anilines is 1. The number of rotatable bonds is 7. The SMILES string of the molecule is CNc1ncc([N+](=O)[O-])cc1C(=O)NCCN(C)C(C)C. The van der Waals surface area contributed by atoms with Gasteiger partial charge in [-0.15, -0.1) is 0 Å². The average molecular weight is 295 g/mol. The van der Waals surface area contributed by atoms with E-state index >= 15 is 0 Å². The van der Waals surface area contributed by atoms with Crippen LogP contribution in [0.1, 0.15) is 24.2 Å². The van der Waals surface area contributed by atoms with E-state index in [2.05, 4.69) is 34.4 Å².